The highest BCUT2D eigenvalue weighted by atomic mass is 16.5. The Morgan fingerprint density at radius 2 is 1.59 bits per heavy atom. The van der Waals surface area contributed by atoms with Crippen molar-refractivity contribution >= 4 is 35.0 Å². The second-order valence-electron chi connectivity index (χ2n) is 8.13. The van der Waals surface area contributed by atoms with Crippen molar-refractivity contribution in [2.75, 3.05) is 16.8 Å². The van der Waals surface area contributed by atoms with Crippen molar-refractivity contribution in [3.63, 3.8) is 0 Å². The number of carbonyl (C=O) groups excluding carboxylic acids is 4. The molecule has 34 heavy (non-hydrogen) atoms. The zero-order chi connectivity index (χ0) is 23.8. The van der Waals surface area contributed by atoms with E-state index in [-0.39, 0.29) is 23.6 Å². The van der Waals surface area contributed by atoms with Crippen LogP contribution in [0.25, 0.3) is 0 Å². The van der Waals surface area contributed by atoms with Crippen molar-refractivity contribution in [3.8, 4) is 5.75 Å². The number of imide groups is 1. The van der Waals surface area contributed by atoms with E-state index in [0.717, 1.165) is 10.5 Å². The molecule has 0 spiro atoms. The minimum absolute atomic E-state index is 0.108. The Morgan fingerprint density at radius 1 is 0.941 bits per heavy atom. The van der Waals surface area contributed by atoms with Crippen LogP contribution in [0.15, 0.2) is 72.8 Å². The Bertz CT molecular complexity index is 1290. The van der Waals surface area contributed by atoms with Gasteiger partial charge in [-0.25, -0.2) is 0 Å². The van der Waals surface area contributed by atoms with Crippen molar-refractivity contribution in [2.24, 2.45) is 0 Å². The van der Waals surface area contributed by atoms with Gasteiger partial charge in [0.25, 0.3) is 17.7 Å². The van der Waals surface area contributed by atoms with Gasteiger partial charge in [0, 0.05) is 11.8 Å². The molecule has 0 saturated heterocycles. The van der Waals surface area contributed by atoms with E-state index in [4.69, 9.17) is 4.74 Å². The molecule has 0 aromatic heterocycles. The lowest BCUT2D eigenvalue weighted by atomic mass is 10.1. The van der Waals surface area contributed by atoms with Gasteiger partial charge in [0.15, 0.2) is 6.61 Å². The lowest BCUT2D eigenvalue weighted by Crippen LogP contribution is -2.45. The molecule has 0 fully saturated rings. The van der Waals surface area contributed by atoms with E-state index in [2.05, 4.69) is 5.32 Å². The lowest BCUT2D eigenvalue weighted by molar-refractivity contribution is -0.121. The normalized spacial score (nSPS) is 15.5. The molecule has 1 N–H and O–H groups in total. The Morgan fingerprint density at radius 3 is 2.26 bits per heavy atom. The lowest BCUT2D eigenvalue weighted by Gasteiger charge is -2.30. The minimum Gasteiger partial charge on any atom is -0.481 e. The first-order valence-electron chi connectivity index (χ1n) is 10.8. The monoisotopic (exact) mass is 455 g/mol. The van der Waals surface area contributed by atoms with Gasteiger partial charge in [-0.3, -0.25) is 24.1 Å². The average molecular weight is 455 g/mol. The molecule has 8 heteroatoms. The topological polar surface area (TPSA) is 96.0 Å². The van der Waals surface area contributed by atoms with Gasteiger partial charge in [0.05, 0.1) is 23.4 Å². The van der Waals surface area contributed by atoms with E-state index in [0.29, 0.717) is 23.7 Å². The van der Waals surface area contributed by atoms with E-state index in [1.807, 2.05) is 30.3 Å². The van der Waals surface area contributed by atoms with Crippen LogP contribution < -0.4 is 15.0 Å². The van der Waals surface area contributed by atoms with Crippen LogP contribution in [-0.2, 0) is 16.1 Å². The first-order chi connectivity index (χ1) is 16.4. The van der Waals surface area contributed by atoms with Crippen LogP contribution in [0.3, 0.4) is 0 Å². The number of anilines is 2. The Kier molecular flexibility index (Phi) is 5.33. The van der Waals surface area contributed by atoms with Gasteiger partial charge in [-0.15, -0.1) is 0 Å². The van der Waals surface area contributed by atoms with Crippen LogP contribution in [0, 0.1) is 0 Å². The third-order valence-corrected chi connectivity index (χ3v) is 5.95. The highest BCUT2D eigenvalue weighted by molar-refractivity contribution is 6.23. The van der Waals surface area contributed by atoms with Gasteiger partial charge in [-0.2, -0.15) is 0 Å². The molecule has 0 radical (unpaired) electrons. The van der Waals surface area contributed by atoms with E-state index in [9.17, 15) is 19.2 Å². The van der Waals surface area contributed by atoms with E-state index < -0.39 is 23.8 Å². The van der Waals surface area contributed by atoms with Crippen LogP contribution in [0.5, 0.6) is 5.75 Å². The summed E-state index contributed by atoms with van der Waals surface area (Å²) in [6.45, 7) is 1.80. The SMILES string of the molecule is CC(C(=O)Nc1ccc2c(c1)OCC(=O)N2Cc1ccccc1)N1C(=O)c2ccccc2C1=O. The first-order valence-corrected chi connectivity index (χ1v) is 10.8. The molecular weight excluding hydrogens is 434 g/mol. The standard InChI is InChI=1S/C26H21N3O5/c1-16(29-25(32)19-9-5-6-10-20(19)26(29)33)24(31)27-18-11-12-21-22(13-18)34-15-23(30)28(21)14-17-7-3-2-4-8-17/h2-13,16H,14-15H2,1H3,(H,27,31). The Balaban J connectivity index is 1.33. The molecule has 3 aromatic carbocycles. The van der Waals surface area contributed by atoms with Gasteiger partial charge >= 0.3 is 0 Å². The van der Waals surface area contributed by atoms with Crippen LogP contribution in [-0.4, -0.2) is 41.2 Å². The summed E-state index contributed by atoms with van der Waals surface area (Å²) in [4.78, 5) is 53.4. The number of benzene rings is 3. The molecule has 3 aromatic rings. The number of rotatable bonds is 5. The maximum Gasteiger partial charge on any atom is 0.265 e. The molecule has 2 aliphatic heterocycles. The summed E-state index contributed by atoms with van der Waals surface area (Å²) >= 11 is 0. The molecule has 5 rings (SSSR count). The predicted molar refractivity (Wildman–Crippen MR) is 125 cm³/mol. The van der Waals surface area contributed by atoms with E-state index in [1.165, 1.54) is 6.92 Å². The summed E-state index contributed by atoms with van der Waals surface area (Å²) < 4.78 is 5.60. The van der Waals surface area contributed by atoms with Gasteiger partial charge in [-0.05, 0) is 36.8 Å². The summed E-state index contributed by atoms with van der Waals surface area (Å²) in [5.74, 6) is -1.20. The molecule has 0 aliphatic carbocycles. The summed E-state index contributed by atoms with van der Waals surface area (Å²) in [6, 6.07) is 20.1. The maximum atomic E-state index is 12.9. The predicted octanol–water partition coefficient (Wildman–Crippen LogP) is 3.24. The second kappa shape index (κ2) is 8.47. The molecule has 2 heterocycles. The average Bonchev–Trinajstić information content (AvgIpc) is 3.11. The number of hydrogen-bond acceptors (Lipinski definition) is 5. The molecule has 1 atom stereocenters. The van der Waals surface area contributed by atoms with Crippen LogP contribution in [0.2, 0.25) is 0 Å². The molecule has 0 saturated carbocycles. The number of amides is 4. The molecule has 8 nitrogen and oxygen atoms in total. The number of hydrogen-bond donors (Lipinski definition) is 1. The molecule has 4 amide bonds. The van der Waals surface area contributed by atoms with Crippen molar-refractivity contribution in [2.45, 2.75) is 19.5 Å². The fourth-order valence-electron chi connectivity index (χ4n) is 4.15. The van der Waals surface area contributed by atoms with Crippen molar-refractivity contribution in [3.05, 3.63) is 89.5 Å². The zero-order valence-electron chi connectivity index (χ0n) is 18.4. The number of nitrogens with one attached hydrogen (secondary N) is 1. The third kappa shape index (κ3) is 3.69. The van der Waals surface area contributed by atoms with Crippen molar-refractivity contribution in [1.29, 1.82) is 0 Å². The van der Waals surface area contributed by atoms with Gasteiger partial charge in [-0.1, -0.05) is 42.5 Å². The molecular formula is C26H21N3O5. The zero-order valence-corrected chi connectivity index (χ0v) is 18.4. The molecule has 0 bridgehead atoms. The Labute approximate surface area is 195 Å². The highest BCUT2D eigenvalue weighted by Gasteiger charge is 2.40. The van der Waals surface area contributed by atoms with E-state index >= 15 is 0 Å². The van der Waals surface area contributed by atoms with Gasteiger partial charge in [0.2, 0.25) is 5.91 Å². The van der Waals surface area contributed by atoms with Crippen molar-refractivity contribution in [1.82, 2.24) is 4.90 Å². The summed E-state index contributed by atoms with van der Waals surface area (Å²) in [6.07, 6.45) is 0. The van der Waals surface area contributed by atoms with Crippen LogP contribution in [0.1, 0.15) is 33.2 Å². The summed E-state index contributed by atoms with van der Waals surface area (Å²) in [5, 5.41) is 2.74. The summed E-state index contributed by atoms with van der Waals surface area (Å²) in [7, 11) is 0. The quantitative estimate of drug-likeness (QED) is 0.596. The third-order valence-electron chi connectivity index (χ3n) is 5.95. The van der Waals surface area contributed by atoms with E-state index in [1.54, 1.807) is 47.4 Å². The highest BCUT2D eigenvalue weighted by Crippen LogP contribution is 2.35. The van der Waals surface area contributed by atoms with Gasteiger partial charge in [0.1, 0.15) is 11.8 Å². The fraction of sp³-hybridized carbons (Fsp3) is 0.154. The number of ether oxygens (including phenoxy) is 1. The molecule has 2 aliphatic rings. The Hall–Kier alpha value is -4.46. The molecule has 170 valence electrons. The smallest absolute Gasteiger partial charge is 0.265 e. The number of fused-ring (bicyclic) bond motifs is 2. The van der Waals surface area contributed by atoms with Crippen LogP contribution >= 0.6 is 0 Å². The number of nitrogens with zero attached hydrogens (tertiary/aromatic N) is 2. The minimum atomic E-state index is -1.01. The van der Waals surface area contributed by atoms with Crippen LogP contribution in [0.4, 0.5) is 11.4 Å². The van der Waals surface area contributed by atoms with Crippen molar-refractivity contribution < 1.29 is 23.9 Å². The number of carbonyl (C=O) groups is 4. The molecule has 1 unspecified atom stereocenters. The first kappa shape index (κ1) is 21.4. The maximum absolute atomic E-state index is 12.9. The second-order valence-corrected chi connectivity index (χ2v) is 8.13. The van der Waals surface area contributed by atoms with Gasteiger partial charge < -0.3 is 15.0 Å². The largest absolute Gasteiger partial charge is 0.481 e. The fourth-order valence-corrected chi connectivity index (χ4v) is 4.15. The summed E-state index contributed by atoms with van der Waals surface area (Å²) in [5.41, 5.74) is 2.60.